The van der Waals surface area contributed by atoms with Gasteiger partial charge in [-0.2, -0.15) is 0 Å². The Labute approximate surface area is 228 Å². The molecule has 0 saturated carbocycles. The predicted molar refractivity (Wildman–Crippen MR) is 142 cm³/mol. The van der Waals surface area contributed by atoms with Gasteiger partial charge in [0.25, 0.3) is 0 Å². The first-order chi connectivity index (χ1) is 19.2. The van der Waals surface area contributed by atoms with Crippen LogP contribution in [0.25, 0.3) is 22.3 Å². The summed E-state index contributed by atoms with van der Waals surface area (Å²) in [5, 5.41) is 12.2. The monoisotopic (exact) mass is 547 g/mol. The lowest BCUT2D eigenvalue weighted by Gasteiger charge is -2.18. The van der Waals surface area contributed by atoms with Gasteiger partial charge in [-0.3, -0.25) is 0 Å². The molecule has 1 unspecified atom stereocenters. The molecule has 0 radical (unpaired) electrons. The van der Waals surface area contributed by atoms with E-state index in [-0.39, 0.29) is 24.7 Å². The molecule has 0 heterocycles. The van der Waals surface area contributed by atoms with Gasteiger partial charge in [0.15, 0.2) is 0 Å². The number of benzene rings is 4. The van der Waals surface area contributed by atoms with Crippen LogP contribution in [0.2, 0.25) is 0 Å². The van der Waals surface area contributed by atoms with Crippen molar-refractivity contribution in [3.8, 4) is 28.0 Å². The summed E-state index contributed by atoms with van der Waals surface area (Å²) in [5.74, 6) is -1.73. The maximum atomic E-state index is 12.7. The van der Waals surface area contributed by atoms with Crippen LogP contribution in [0.15, 0.2) is 97.1 Å². The van der Waals surface area contributed by atoms with Crippen LogP contribution in [0.5, 0.6) is 5.75 Å². The minimum absolute atomic E-state index is 0.0252. The molecule has 1 atom stereocenters. The van der Waals surface area contributed by atoms with E-state index >= 15 is 0 Å². The van der Waals surface area contributed by atoms with E-state index in [1.807, 2.05) is 48.5 Å². The minimum Gasteiger partial charge on any atom is -0.480 e. The fourth-order valence-electron chi connectivity index (χ4n) is 4.95. The highest BCUT2D eigenvalue weighted by Gasteiger charge is 2.31. The van der Waals surface area contributed by atoms with Crippen molar-refractivity contribution in [2.24, 2.45) is 0 Å². The number of carboxylic acids is 1. The van der Waals surface area contributed by atoms with Crippen molar-refractivity contribution >= 4 is 12.1 Å². The molecule has 1 aliphatic rings. The van der Waals surface area contributed by atoms with Gasteiger partial charge in [0.2, 0.25) is 0 Å². The van der Waals surface area contributed by atoms with Crippen LogP contribution < -0.4 is 10.1 Å². The molecule has 0 fully saturated rings. The first-order valence-electron chi connectivity index (χ1n) is 12.5. The van der Waals surface area contributed by atoms with E-state index in [9.17, 15) is 27.9 Å². The SMILES string of the molecule is O=C(NC(Cc1cccc(-c2ccc(OC(F)(F)F)cc2)c1)C(=O)O)OCC1c2ccccc2-c2ccccc21. The molecule has 0 spiro atoms. The van der Waals surface area contributed by atoms with Crippen molar-refractivity contribution in [1.29, 1.82) is 0 Å². The zero-order valence-electron chi connectivity index (χ0n) is 21.0. The number of aliphatic carboxylic acids is 1. The molecule has 1 aliphatic carbocycles. The van der Waals surface area contributed by atoms with Crippen LogP contribution >= 0.6 is 0 Å². The molecule has 2 N–H and O–H groups in total. The number of rotatable bonds is 8. The molecule has 204 valence electrons. The number of fused-ring (bicyclic) bond motifs is 3. The quantitative estimate of drug-likeness (QED) is 0.254. The second-order valence-corrected chi connectivity index (χ2v) is 9.34. The summed E-state index contributed by atoms with van der Waals surface area (Å²) in [6.45, 7) is 0.0513. The number of hydrogen-bond acceptors (Lipinski definition) is 4. The fraction of sp³-hybridized carbons (Fsp3) is 0.161. The van der Waals surface area contributed by atoms with E-state index in [1.54, 1.807) is 24.3 Å². The molecular formula is C31H24F3NO5. The largest absolute Gasteiger partial charge is 0.573 e. The topological polar surface area (TPSA) is 84.9 Å². The van der Waals surface area contributed by atoms with E-state index in [2.05, 4.69) is 10.1 Å². The number of carbonyl (C=O) groups excluding carboxylic acids is 1. The van der Waals surface area contributed by atoms with Gasteiger partial charge in [-0.25, -0.2) is 9.59 Å². The molecular weight excluding hydrogens is 523 g/mol. The molecule has 9 heteroatoms. The lowest BCUT2D eigenvalue weighted by Crippen LogP contribution is -2.42. The summed E-state index contributed by atoms with van der Waals surface area (Å²) >= 11 is 0. The van der Waals surface area contributed by atoms with Crippen LogP contribution in [0.4, 0.5) is 18.0 Å². The van der Waals surface area contributed by atoms with E-state index < -0.39 is 24.5 Å². The highest BCUT2D eigenvalue weighted by Crippen LogP contribution is 2.44. The van der Waals surface area contributed by atoms with Crippen molar-refractivity contribution in [3.05, 3.63) is 114 Å². The van der Waals surface area contributed by atoms with Crippen LogP contribution in [0.3, 0.4) is 0 Å². The number of ether oxygens (including phenoxy) is 2. The van der Waals surface area contributed by atoms with Gasteiger partial charge in [0.05, 0.1) is 0 Å². The summed E-state index contributed by atoms with van der Waals surface area (Å²) in [7, 11) is 0. The highest BCUT2D eigenvalue weighted by atomic mass is 19.4. The first-order valence-corrected chi connectivity index (χ1v) is 12.5. The Kier molecular flexibility index (Phi) is 7.46. The van der Waals surface area contributed by atoms with Crippen molar-refractivity contribution < 1.29 is 37.3 Å². The zero-order valence-corrected chi connectivity index (χ0v) is 21.0. The molecule has 6 nitrogen and oxygen atoms in total. The van der Waals surface area contributed by atoms with Gasteiger partial charge in [-0.05, 0) is 51.1 Å². The smallest absolute Gasteiger partial charge is 0.480 e. The van der Waals surface area contributed by atoms with Crippen LogP contribution in [0, 0.1) is 0 Å². The molecule has 1 amide bonds. The maximum absolute atomic E-state index is 12.7. The van der Waals surface area contributed by atoms with Gasteiger partial charge in [-0.15, -0.1) is 13.2 Å². The van der Waals surface area contributed by atoms with Gasteiger partial charge >= 0.3 is 18.4 Å². The van der Waals surface area contributed by atoms with Crippen LogP contribution in [-0.4, -0.2) is 36.2 Å². The fourth-order valence-corrected chi connectivity index (χ4v) is 4.95. The average Bonchev–Trinajstić information content (AvgIpc) is 3.25. The third kappa shape index (κ3) is 6.09. The molecule has 0 bridgehead atoms. The van der Waals surface area contributed by atoms with Gasteiger partial charge in [-0.1, -0.05) is 84.9 Å². The Hall–Kier alpha value is -4.79. The second kappa shape index (κ2) is 11.1. The summed E-state index contributed by atoms with van der Waals surface area (Å²) in [6.07, 6.45) is -5.65. The lowest BCUT2D eigenvalue weighted by molar-refractivity contribution is -0.274. The van der Waals surface area contributed by atoms with Crippen molar-refractivity contribution in [3.63, 3.8) is 0 Å². The number of amides is 1. The summed E-state index contributed by atoms with van der Waals surface area (Å²) < 4.78 is 46.7. The average molecular weight is 548 g/mol. The Morgan fingerprint density at radius 2 is 1.45 bits per heavy atom. The Balaban J connectivity index is 1.23. The minimum atomic E-state index is -4.78. The van der Waals surface area contributed by atoms with E-state index in [1.165, 1.54) is 24.3 Å². The normalized spacial score (nSPS) is 13.2. The first kappa shape index (κ1) is 26.8. The van der Waals surface area contributed by atoms with Gasteiger partial charge < -0.3 is 19.9 Å². The number of carboxylic acid groups (broad SMARTS) is 1. The van der Waals surface area contributed by atoms with Crippen molar-refractivity contribution in [2.75, 3.05) is 6.61 Å². The number of halogens is 3. The van der Waals surface area contributed by atoms with E-state index in [4.69, 9.17) is 4.74 Å². The highest BCUT2D eigenvalue weighted by molar-refractivity contribution is 5.81. The van der Waals surface area contributed by atoms with Crippen molar-refractivity contribution in [2.45, 2.75) is 24.7 Å². The van der Waals surface area contributed by atoms with E-state index in [0.29, 0.717) is 16.7 Å². The third-order valence-corrected chi connectivity index (χ3v) is 6.72. The molecule has 0 aliphatic heterocycles. The van der Waals surface area contributed by atoms with Gasteiger partial charge in [0, 0.05) is 12.3 Å². The molecule has 0 saturated heterocycles. The summed E-state index contributed by atoms with van der Waals surface area (Å²) in [6, 6.07) is 26.8. The zero-order chi connectivity index (χ0) is 28.3. The standard InChI is InChI=1S/C31H24F3NO5/c32-31(33,34)40-22-14-12-20(13-15-22)21-7-5-6-19(16-21)17-28(29(36)37)35-30(38)39-18-27-25-10-3-1-8-23(25)24-9-2-4-11-26(24)27/h1-16,27-28H,17-18H2,(H,35,38)(H,36,37). The van der Waals surface area contributed by atoms with E-state index in [0.717, 1.165) is 22.3 Å². The number of hydrogen-bond donors (Lipinski definition) is 2. The van der Waals surface area contributed by atoms with Crippen LogP contribution in [-0.2, 0) is 16.0 Å². The van der Waals surface area contributed by atoms with Crippen molar-refractivity contribution in [1.82, 2.24) is 5.32 Å². The number of carbonyl (C=O) groups is 2. The molecule has 4 aromatic rings. The predicted octanol–water partition coefficient (Wildman–Crippen LogP) is 6.79. The van der Waals surface area contributed by atoms with Crippen LogP contribution in [0.1, 0.15) is 22.6 Å². The Morgan fingerprint density at radius 3 is 2.05 bits per heavy atom. The number of alkyl carbamates (subject to hydrolysis) is 1. The summed E-state index contributed by atoms with van der Waals surface area (Å²) in [5.41, 5.74) is 6.14. The molecule has 4 aromatic carbocycles. The maximum Gasteiger partial charge on any atom is 0.573 e. The number of alkyl halides is 3. The van der Waals surface area contributed by atoms with Gasteiger partial charge in [0.1, 0.15) is 18.4 Å². The summed E-state index contributed by atoms with van der Waals surface area (Å²) in [4.78, 5) is 24.6. The molecule has 0 aromatic heterocycles. The number of nitrogens with one attached hydrogen (secondary N) is 1. The Bertz CT molecular complexity index is 1490. The Morgan fingerprint density at radius 1 is 0.825 bits per heavy atom. The third-order valence-electron chi connectivity index (χ3n) is 6.72. The lowest BCUT2D eigenvalue weighted by atomic mass is 9.98. The molecule has 5 rings (SSSR count). The molecule has 40 heavy (non-hydrogen) atoms. The second-order valence-electron chi connectivity index (χ2n) is 9.34.